The minimum Gasteiger partial charge on any atom is -0.457 e. The Balaban J connectivity index is 3.99. The topological polar surface area (TPSA) is 91.3 Å². The van der Waals surface area contributed by atoms with E-state index in [-0.39, 0.29) is 25.8 Å². The van der Waals surface area contributed by atoms with Crippen LogP contribution in [0.5, 0.6) is 0 Å². The van der Waals surface area contributed by atoms with Gasteiger partial charge in [-0.05, 0) is 32.1 Å². The molecule has 0 spiro atoms. The lowest BCUT2D eigenvalue weighted by Gasteiger charge is -2.24. The maximum absolute atomic E-state index is 12.7. The van der Waals surface area contributed by atoms with E-state index in [9.17, 15) is 14.3 Å². The number of phosphoric acid groups is 1. The first-order chi connectivity index (χ1) is 28.1. The normalized spacial score (nSPS) is 13.7. The average Bonchev–Trinajstić information content (AvgIpc) is 3.18. The van der Waals surface area contributed by atoms with Gasteiger partial charge in [-0.15, -0.1) is 0 Å². The summed E-state index contributed by atoms with van der Waals surface area (Å²) in [5.41, 5.74) is 0. The summed E-state index contributed by atoms with van der Waals surface area (Å²) in [6.07, 6.45) is 48.4. The molecule has 0 saturated carbocycles. The van der Waals surface area contributed by atoms with E-state index in [0.717, 1.165) is 32.1 Å². The van der Waals surface area contributed by atoms with Crippen LogP contribution in [0.2, 0.25) is 0 Å². The third kappa shape index (κ3) is 46.3. The van der Waals surface area contributed by atoms with E-state index in [2.05, 4.69) is 26.0 Å². The first-order valence-electron chi connectivity index (χ1n) is 24.9. The predicted molar refractivity (Wildman–Crippen MR) is 247 cm³/mol. The summed E-state index contributed by atoms with van der Waals surface area (Å²) in [4.78, 5) is 22.9. The highest BCUT2D eigenvalue weighted by atomic mass is 31.2. The van der Waals surface area contributed by atoms with Crippen LogP contribution in [-0.2, 0) is 27.9 Å². The SMILES string of the molecule is CCC/C=C\CCCCCCCCOCC(COP(=O)(O)OCC[N+](C)(C)C)OC(=O)CCCCCCCCCCCCCCCCCCCCCCCCCCC. The zero-order valence-corrected chi connectivity index (χ0v) is 40.2. The number of phosphoric ester groups is 1. The van der Waals surface area contributed by atoms with Gasteiger partial charge >= 0.3 is 13.8 Å². The van der Waals surface area contributed by atoms with Crippen LogP contribution in [0.4, 0.5) is 0 Å². The number of ether oxygens (including phenoxy) is 2. The molecule has 0 aromatic carbocycles. The highest BCUT2D eigenvalue weighted by molar-refractivity contribution is 7.47. The number of quaternary nitrogens is 1. The number of allylic oxidation sites excluding steroid dienone is 2. The molecule has 0 aromatic heterocycles. The van der Waals surface area contributed by atoms with E-state index in [1.165, 1.54) is 186 Å². The van der Waals surface area contributed by atoms with Gasteiger partial charge in [0.2, 0.25) is 0 Å². The lowest BCUT2D eigenvalue weighted by molar-refractivity contribution is -0.870. The third-order valence-corrected chi connectivity index (χ3v) is 12.0. The summed E-state index contributed by atoms with van der Waals surface area (Å²) in [6.45, 7) is 5.60. The van der Waals surface area contributed by atoms with Crippen molar-refractivity contribution in [1.82, 2.24) is 0 Å². The Morgan fingerprint density at radius 2 is 0.931 bits per heavy atom. The fourth-order valence-corrected chi connectivity index (χ4v) is 7.95. The van der Waals surface area contributed by atoms with Gasteiger partial charge in [0.25, 0.3) is 0 Å². The van der Waals surface area contributed by atoms with E-state index in [1.54, 1.807) is 0 Å². The first kappa shape index (κ1) is 57.2. The number of carbonyl (C=O) groups excluding carboxylic acids is 1. The highest BCUT2D eigenvalue weighted by Gasteiger charge is 2.26. The van der Waals surface area contributed by atoms with Crippen LogP contribution in [0.15, 0.2) is 12.2 Å². The number of hydrogen-bond donors (Lipinski definition) is 1. The van der Waals surface area contributed by atoms with Gasteiger partial charge in [-0.1, -0.05) is 212 Å². The van der Waals surface area contributed by atoms with Crippen LogP contribution in [0.1, 0.15) is 239 Å². The van der Waals surface area contributed by atoms with Crippen molar-refractivity contribution >= 4 is 13.8 Å². The van der Waals surface area contributed by atoms with Crippen molar-refractivity contribution in [3.8, 4) is 0 Å². The van der Waals surface area contributed by atoms with Crippen LogP contribution in [0.3, 0.4) is 0 Å². The number of esters is 1. The summed E-state index contributed by atoms with van der Waals surface area (Å²) < 4.78 is 35.0. The van der Waals surface area contributed by atoms with Gasteiger partial charge in [-0.2, -0.15) is 0 Å². The van der Waals surface area contributed by atoms with Crippen molar-refractivity contribution in [3.63, 3.8) is 0 Å². The largest absolute Gasteiger partial charge is 0.472 e. The van der Waals surface area contributed by atoms with Gasteiger partial charge in [0, 0.05) is 13.0 Å². The van der Waals surface area contributed by atoms with Crippen LogP contribution >= 0.6 is 7.82 Å². The van der Waals surface area contributed by atoms with E-state index < -0.39 is 13.9 Å². The van der Waals surface area contributed by atoms with Crippen molar-refractivity contribution in [2.24, 2.45) is 0 Å². The van der Waals surface area contributed by atoms with Crippen LogP contribution in [-0.4, -0.2) is 75.6 Å². The molecular weight excluding hydrogens is 746 g/mol. The van der Waals surface area contributed by atoms with Gasteiger partial charge in [0.1, 0.15) is 19.3 Å². The lowest BCUT2D eigenvalue weighted by Crippen LogP contribution is -2.37. The Kier molecular flexibility index (Phi) is 42.3. The number of nitrogens with zero attached hydrogens (tertiary/aromatic N) is 1. The Labute approximate surface area is 360 Å². The molecule has 346 valence electrons. The molecule has 0 bridgehead atoms. The fraction of sp³-hybridized carbons (Fsp3) is 0.939. The van der Waals surface area contributed by atoms with E-state index >= 15 is 0 Å². The monoisotopic (exact) mass is 845 g/mol. The number of unbranched alkanes of at least 4 members (excludes halogenated alkanes) is 31. The Hall–Kier alpha value is -0.760. The molecule has 0 aliphatic heterocycles. The van der Waals surface area contributed by atoms with E-state index in [1.807, 2.05) is 21.1 Å². The van der Waals surface area contributed by atoms with Crippen LogP contribution < -0.4 is 0 Å². The van der Waals surface area contributed by atoms with Gasteiger partial charge < -0.3 is 18.9 Å². The number of rotatable bonds is 47. The van der Waals surface area contributed by atoms with E-state index in [0.29, 0.717) is 24.1 Å². The van der Waals surface area contributed by atoms with Gasteiger partial charge in [0.15, 0.2) is 0 Å². The standard InChI is InChI=1S/C49H98NO7P/c1-6-8-10-12-14-16-18-19-20-21-22-23-24-25-26-27-28-29-30-31-32-34-36-38-40-42-49(51)57-48(47-56-58(52,53)55-45-43-50(3,4)5)46-54-44-41-39-37-35-33-17-15-13-11-9-7-2/h11,13,48H,6-10,12,14-47H2,1-5H3/p+1/b13-11-. The molecule has 9 heteroatoms. The Morgan fingerprint density at radius 3 is 1.38 bits per heavy atom. The molecule has 0 aliphatic rings. The molecule has 0 aliphatic carbocycles. The summed E-state index contributed by atoms with van der Waals surface area (Å²) in [5.74, 6) is -0.311. The van der Waals surface area contributed by atoms with Crippen molar-refractivity contribution in [1.29, 1.82) is 0 Å². The van der Waals surface area contributed by atoms with Crippen LogP contribution in [0, 0.1) is 0 Å². The van der Waals surface area contributed by atoms with Crippen LogP contribution in [0.25, 0.3) is 0 Å². The van der Waals surface area contributed by atoms with Crippen molar-refractivity contribution in [2.75, 3.05) is 54.1 Å². The number of likely N-dealkylation sites (N-methyl/N-ethyl adjacent to an activating group) is 1. The van der Waals surface area contributed by atoms with Gasteiger partial charge in [-0.3, -0.25) is 13.8 Å². The van der Waals surface area contributed by atoms with Crippen molar-refractivity contribution < 1.29 is 37.3 Å². The molecule has 58 heavy (non-hydrogen) atoms. The minimum absolute atomic E-state index is 0.0907. The number of carbonyl (C=O) groups is 1. The molecule has 0 amide bonds. The molecule has 8 nitrogen and oxygen atoms in total. The average molecular weight is 845 g/mol. The molecule has 2 atom stereocenters. The summed E-state index contributed by atoms with van der Waals surface area (Å²) in [5, 5.41) is 0. The molecule has 2 unspecified atom stereocenters. The molecule has 0 saturated heterocycles. The molecule has 0 radical (unpaired) electrons. The quantitative estimate of drug-likeness (QED) is 0.0214. The maximum Gasteiger partial charge on any atom is 0.472 e. The molecule has 0 rings (SSSR count). The molecule has 1 N–H and O–H groups in total. The molecule has 0 heterocycles. The summed E-state index contributed by atoms with van der Waals surface area (Å²) in [6, 6.07) is 0. The Bertz CT molecular complexity index is 940. The lowest BCUT2D eigenvalue weighted by atomic mass is 10.0. The second-order valence-electron chi connectivity index (χ2n) is 18.2. The zero-order valence-electron chi connectivity index (χ0n) is 39.3. The fourth-order valence-electron chi connectivity index (χ4n) is 7.20. The second kappa shape index (κ2) is 42.9. The van der Waals surface area contributed by atoms with Crippen molar-refractivity contribution in [2.45, 2.75) is 245 Å². The minimum atomic E-state index is -4.27. The molecular formula is C49H99NO7P+. The molecule has 0 fully saturated rings. The highest BCUT2D eigenvalue weighted by Crippen LogP contribution is 2.43. The number of hydrogen-bond acceptors (Lipinski definition) is 6. The third-order valence-electron chi connectivity index (χ3n) is 11.1. The Morgan fingerprint density at radius 1 is 0.517 bits per heavy atom. The summed E-state index contributed by atoms with van der Waals surface area (Å²) >= 11 is 0. The van der Waals surface area contributed by atoms with E-state index in [4.69, 9.17) is 18.5 Å². The maximum atomic E-state index is 12.7. The predicted octanol–water partition coefficient (Wildman–Crippen LogP) is 15.0. The van der Waals surface area contributed by atoms with Gasteiger partial charge in [0.05, 0.1) is 34.4 Å². The smallest absolute Gasteiger partial charge is 0.457 e. The van der Waals surface area contributed by atoms with Gasteiger partial charge in [-0.25, -0.2) is 4.57 Å². The second-order valence-corrected chi connectivity index (χ2v) is 19.7. The summed E-state index contributed by atoms with van der Waals surface area (Å²) in [7, 11) is 1.68. The molecule has 0 aromatic rings. The zero-order chi connectivity index (χ0) is 42.7. The van der Waals surface area contributed by atoms with Crippen molar-refractivity contribution in [3.05, 3.63) is 12.2 Å². The first-order valence-corrected chi connectivity index (χ1v) is 26.4.